The summed E-state index contributed by atoms with van der Waals surface area (Å²) >= 11 is 4.49. The highest BCUT2D eigenvalue weighted by molar-refractivity contribution is 7.78. The van der Waals surface area contributed by atoms with Crippen molar-refractivity contribution >= 4 is 29.0 Å². The van der Waals surface area contributed by atoms with Gasteiger partial charge in [0.25, 0.3) is 0 Å². The normalized spacial score (nSPS) is 9.20. The van der Waals surface area contributed by atoms with E-state index in [0.717, 1.165) is 5.56 Å². The number of nitrogens with zero attached hydrogens (tertiary/aromatic N) is 1. The van der Waals surface area contributed by atoms with E-state index in [9.17, 15) is 4.79 Å². The van der Waals surface area contributed by atoms with Crippen LogP contribution in [0.5, 0.6) is 5.75 Å². The molecule has 0 fully saturated rings. The summed E-state index contributed by atoms with van der Waals surface area (Å²) < 4.78 is 5.08. The van der Waals surface area contributed by atoms with E-state index < -0.39 is 5.91 Å². The number of nitrogens with two attached hydrogens (primary N) is 1. The number of aryl methyl sites for hydroxylation is 1. The van der Waals surface area contributed by atoms with Gasteiger partial charge in [0.15, 0.2) is 0 Å². The van der Waals surface area contributed by atoms with Crippen LogP contribution in [-0.4, -0.2) is 18.2 Å². The van der Waals surface area contributed by atoms with E-state index in [1.54, 1.807) is 13.0 Å². The lowest BCUT2D eigenvalue weighted by Crippen LogP contribution is -2.12. The minimum atomic E-state index is -0.504. The molecule has 0 aliphatic heterocycles. The second-order valence-corrected chi connectivity index (χ2v) is 3.09. The minimum Gasteiger partial charge on any atom is -0.494 e. The maximum absolute atomic E-state index is 11.1. The van der Waals surface area contributed by atoms with E-state index in [4.69, 9.17) is 10.5 Å². The van der Waals surface area contributed by atoms with Crippen LogP contribution >= 0.6 is 12.2 Å². The number of ether oxygens (including phenoxy) is 1. The van der Waals surface area contributed by atoms with Gasteiger partial charge in [-0.05, 0) is 36.8 Å². The molecule has 0 saturated heterocycles. The highest BCUT2D eigenvalue weighted by Crippen LogP contribution is 2.30. The first kappa shape index (κ1) is 11.4. The largest absolute Gasteiger partial charge is 0.494 e. The van der Waals surface area contributed by atoms with Crippen molar-refractivity contribution in [3.63, 3.8) is 0 Å². The van der Waals surface area contributed by atoms with Crippen molar-refractivity contribution in [3.8, 4) is 5.75 Å². The molecule has 0 bridgehead atoms. The summed E-state index contributed by atoms with van der Waals surface area (Å²) in [7, 11) is 1.51. The van der Waals surface area contributed by atoms with Crippen LogP contribution in [0.1, 0.15) is 15.9 Å². The fourth-order valence-electron chi connectivity index (χ4n) is 1.24. The third-order valence-corrected chi connectivity index (χ3v) is 2.05. The predicted molar refractivity (Wildman–Crippen MR) is 60.9 cm³/mol. The summed E-state index contributed by atoms with van der Waals surface area (Å²) in [6.07, 6.45) is 0. The molecular weight excluding hydrogens is 212 g/mol. The number of aliphatic imine (C=N–C) groups is 1. The SMILES string of the molecule is COc1cc(C)c(C(N)=O)cc1N=C=S. The molecule has 5 heteroatoms. The molecule has 1 amide bonds. The van der Waals surface area contributed by atoms with Gasteiger partial charge in [-0.2, -0.15) is 4.99 Å². The molecule has 0 saturated carbocycles. The van der Waals surface area contributed by atoms with E-state index in [2.05, 4.69) is 22.4 Å². The molecule has 0 aliphatic carbocycles. The van der Waals surface area contributed by atoms with Gasteiger partial charge < -0.3 is 10.5 Å². The van der Waals surface area contributed by atoms with Crippen molar-refractivity contribution in [3.05, 3.63) is 23.3 Å². The quantitative estimate of drug-likeness (QED) is 0.627. The molecule has 4 nitrogen and oxygen atoms in total. The lowest BCUT2D eigenvalue weighted by atomic mass is 10.1. The summed E-state index contributed by atoms with van der Waals surface area (Å²) in [5.74, 6) is 0.0332. The molecule has 15 heavy (non-hydrogen) atoms. The molecule has 1 rings (SSSR count). The number of carbonyl (C=O) groups excluding carboxylic acids is 1. The van der Waals surface area contributed by atoms with Gasteiger partial charge >= 0.3 is 0 Å². The molecule has 1 aromatic carbocycles. The van der Waals surface area contributed by atoms with Gasteiger partial charge in [0, 0.05) is 5.56 Å². The Kier molecular flexibility index (Phi) is 3.55. The maximum Gasteiger partial charge on any atom is 0.249 e. The van der Waals surface area contributed by atoms with Crippen LogP contribution in [0.15, 0.2) is 17.1 Å². The first-order valence-electron chi connectivity index (χ1n) is 4.16. The van der Waals surface area contributed by atoms with Gasteiger partial charge in [-0.25, -0.2) is 0 Å². The molecule has 0 spiro atoms. The number of primary amides is 1. The van der Waals surface area contributed by atoms with Crippen LogP contribution in [0.3, 0.4) is 0 Å². The highest BCUT2D eigenvalue weighted by Gasteiger charge is 2.10. The van der Waals surface area contributed by atoms with E-state index >= 15 is 0 Å². The van der Waals surface area contributed by atoms with E-state index in [1.807, 2.05) is 0 Å². The van der Waals surface area contributed by atoms with Gasteiger partial charge in [0.2, 0.25) is 5.91 Å². The number of thiocarbonyl (C=S) groups is 1. The minimum absolute atomic E-state index is 0.403. The van der Waals surface area contributed by atoms with Crippen LogP contribution in [0, 0.1) is 6.92 Å². The third kappa shape index (κ3) is 2.40. The van der Waals surface area contributed by atoms with Crippen molar-refractivity contribution in [2.24, 2.45) is 10.7 Å². The van der Waals surface area contributed by atoms with Crippen molar-refractivity contribution in [1.82, 2.24) is 0 Å². The van der Waals surface area contributed by atoms with Gasteiger partial charge in [0.05, 0.1) is 12.3 Å². The zero-order valence-electron chi connectivity index (χ0n) is 8.40. The number of rotatable bonds is 3. The number of hydrogen-bond acceptors (Lipinski definition) is 4. The Morgan fingerprint density at radius 3 is 2.73 bits per heavy atom. The molecule has 0 unspecified atom stereocenters. The summed E-state index contributed by atoms with van der Waals surface area (Å²) in [6, 6.07) is 3.22. The lowest BCUT2D eigenvalue weighted by Gasteiger charge is -2.07. The second-order valence-electron chi connectivity index (χ2n) is 2.91. The van der Waals surface area contributed by atoms with E-state index in [1.165, 1.54) is 13.2 Å². The van der Waals surface area contributed by atoms with Crippen LogP contribution in [-0.2, 0) is 0 Å². The molecule has 0 aliphatic rings. The van der Waals surface area contributed by atoms with Crippen LogP contribution < -0.4 is 10.5 Å². The van der Waals surface area contributed by atoms with Gasteiger partial charge in [-0.15, -0.1) is 0 Å². The Bertz CT molecular complexity index is 451. The molecule has 78 valence electrons. The zero-order valence-corrected chi connectivity index (χ0v) is 9.22. The Labute approximate surface area is 92.8 Å². The van der Waals surface area contributed by atoms with Crippen molar-refractivity contribution in [2.75, 3.05) is 7.11 Å². The Morgan fingerprint density at radius 1 is 1.60 bits per heavy atom. The average Bonchev–Trinajstić information content (AvgIpc) is 2.20. The fraction of sp³-hybridized carbons (Fsp3) is 0.200. The Hall–Kier alpha value is -1.71. The van der Waals surface area contributed by atoms with Crippen LogP contribution in [0.2, 0.25) is 0 Å². The summed E-state index contributed by atoms with van der Waals surface area (Å²) in [5.41, 5.74) is 6.80. The van der Waals surface area contributed by atoms with Gasteiger partial charge in [0.1, 0.15) is 11.4 Å². The Morgan fingerprint density at radius 2 is 2.27 bits per heavy atom. The summed E-state index contributed by atoms with van der Waals surface area (Å²) in [5, 5.41) is 2.22. The third-order valence-electron chi connectivity index (χ3n) is 1.96. The number of carbonyl (C=O) groups is 1. The van der Waals surface area contributed by atoms with E-state index in [-0.39, 0.29) is 0 Å². The van der Waals surface area contributed by atoms with Crippen molar-refractivity contribution in [1.29, 1.82) is 0 Å². The molecule has 2 N–H and O–H groups in total. The molecule has 0 radical (unpaired) electrons. The molecule has 0 aromatic heterocycles. The molecule has 0 heterocycles. The topological polar surface area (TPSA) is 64.7 Å². The Balaban J connectivity index is 3.42. The van der Waals surface area contributed by atoms with Crippen molar-refractivity contribution < 1.29 is 9.53 Å². The fourth-order valence-corrected chi connectivity index (χ4v) is 1.33. The second kappa shape index (κ2) is 4.68. The molecule has 0 atom stereocenters. The van der Waals surface area contributed by atoms with Gasteiger partial charge in [-0.3, -0.25) is 4.79 Å². The highest BCUT2D eigenvalue weighted by atomic mass is 32.1. The zero-order chi connectivity index (χ0) is 11.4. The van der Waals surface area contributed by atoms with Crippen LogP contribution in [0.25, 0.3) is 0 Å². The number of benzene rings is 1. The smallest absolute Gasteiger partial charge is 0.249 e. The van der Waals surface area contributed by atoms with Crippen LogP contribution in [0.4, 0.5) is 5.69 Å². The number of methoxy groups -OCH3 is 1. The predicted octanol–water partition coefficient (Wildman–Crippen LogP) is 1.84. The summed E-state index contributed by atoms with van der Waals surface area (Å²) in [4.78, 5) is 14.9. The number of hydrogen-bond donors (Lipinski definition) is 1. The first-order chi connectivity index (χ1) is 7.10. The molecule has 1 aromatic rings. The average molecular weight is 222 g/mol. The maximum atomic E-state index is 11.1. The molecular formula is C10H10N2O2S. The number of amides is 1. The standard InChI is InChI=1S/C10H10N2O2S/c1-6-3-9(14-2)8(12-5-15)4-7(6)10(11)13/h3-4H,1-2H3,(H2,11,13). The first-order valence-corrected chi connectivity index (χ1v) is 4.57. The van der Waals surface area contributed by atoms with E-state index in [0.29, 0.717) is 17.0 Å². The number of isothiocyanates is 1. The van der Waals surface area contributed by atoms with Gasteiger partial charge in [-0.1, -0.05) is 0 Å². The monoisotopic (exact) mass is 222 g/mol. The lowest BCUT2D eigenvalue weighted by molar-refractivity contribution is 0.0999. The van der Waals surface area contributed by atoms with Crippen molar-refractivity contribution in [2.45, 2.75) is 6.92 Å². The summed E-state index contributed by atoms with van der Waals surface area (Å²) in [6.45, 7) is 1.77.